The maximum absolute atomic E-state index is 5.97. The van der Waals surface area contributed by atoms with Gasteiger partial charge in [0.1, 0.15) is 0 Å². The lowest BCUT2D eigenvalue weighted by Crippen LogP contribution is -2.39. The maximum Gasteiger partial charge on any atom is 0.155 e. The molecule has 0 N–H and O–H groups in total. The molecular formula is C14H18O2. The molecule has 0 amide bonds. The quantitative estimate of drug-likeness (QED) is 0.666. The summed E-state index contributed by atoms with van der Waals surface area (Å²) in [6.45, 7) is 7.18. The summed E-state index contributed by atoms with van der Waals surface area (Å²) in [6, 6.07) is 6.69. The lowest BCUT2D eigenvalue weighted by Gasteiger charge is -2.39. The standard InChI is InChI=1S/C14H18O2/c1-9-4-5-11-7-14(3)8-15-10(2)16-13(14)12(11)6-9/h4-6,10,13H,7-8H2,1-3H3/t10-,13-,14-/m0/s1. The fourth-order valence-corrected chi connectivity index (χ4v) is 2.93. The van der Waals surface area contributed by atoms with Gasteiger partial charge in [-0.05, 0) is 31.4 Å². The van der Waals surface area contributed by atoms with Crippen LogP contribution in [0, 0.1) is 12.3 Å². The van der Waals surface area contributed by atoms with Crippen LogP contribution in [0.3, 0.4) is 0 Å². The lowest BCUT2D eigenvalue weighted by atomic mass is 9.85. The van der Waals surface area contributed by atoms with Gasteiger partial charge in [-0.1, -0.05) is 30.7 Å². The minimum Gasteiger partial charge on any atom is -0.352 e. The van der Waals surface area contributed by atoms with Gasteiger partial charge in [0.2, 0.25) is 0 Å². The molecule has 0 bridgehead atoms. The van der Waals surface area contributed by atoms with Crippen molar-refractivity contribution in [1.29, 1.82) is 0 Å². The van der Waals surface area contributed by atoms with Crippen molar-refractivity contribution in [1.82, 2.24) is 0 Å². The van der Waals surface area contributed by atoms with Crippen molar-refractivity contribution in [3.05, 3.63) is 34.9 Å². The highest BCUT2D eigenvalue weighted by Crippen LogP contribution is 2.50. The van der Waals surface area contributed by atoms with Gasteiger partial charge in [0.05, 0.1) is 12.7 Å². The van der Waals surface area contributed by atoms with Gasteiger partial charge in [-0.3, -0.25) is 0 Å². The van der Waals surface area contributed by atoms with Gasteiger partial charge in [-0.15, -0.1) is 0 Å². The molecule has 1 heterocycles. The SMILES string of the molecule is Cc1ccc2c(c1)[C@@H]1O[C@@H](C)OC[C@]1(C)C2. The lowest BCUT2D eigenvalue weighted by molar-refractivity contribution is -0.253. The van der Waals surface area contributed by atoms with Gasteiger partial charge in [0.25, 0.3) is 0 Å². The highest BCUT2D eigenvalue weighted by Gasteiger charge is 2.47. The van der Waals surface area contributed by atoms with E-state index in [1.165, 1.54) is 16.7 Å². The normalized spacial score (nSPS) is 36.9. The zero-order chi connectivity index (χ0) is 11.3. The smallest absolute Gasteiger partial charge is 0.155 e. The number of ether oxygens (including phenoxy) is 2. The number of benzene rings is 1. The third-order valence-corrected chi connectivity index (χ3v) is 3.79. The number of hydrogen-bond acceptors (Lipinski definition) is 2. The van der Waals surface area contributed by atoms with Crippen LogP contribution >= 0.6 is 0 Å². The fraction of sp³-hybridized carbons (Fsp3) is 0.571. The summed E-state index contributed by atoms with van der Waals surface area (Å²) in [7, 11) is 0. The number of rotatable bonds is 0. The van der Waals surface area contributed by atoms with Crippen LogP contribution in [-0.2, 0) is 15.9 Å². The summed E-state index contributed by atoms with van der Waals surface area (Å²) in [4.78, 5) is 0. The van der Waals surface area contributed by atoms with E-state index < -0.39 is 0 Å². The van der Waals surface area contributed by atoms with Crippen molar-refractivity contribution >= 4 is 0 Å². The molecule has 0 unspecified atom stereocenters. The van der Waals surface area contributed by atoms with Crippen molar-refractivity contribution in [2.75, 3.05) is 6.61 Å². The molecule has 1 saturated heterocycles. The van der Waals surface area contributed by atoms with Crippen molar-refractivity contribution in [2.45, 2.75) is 39.6 Å². The second-order valence-electron chi connectivity index (χ2n) is 5.43. The third kappa shape index (κ3) is 1.40. The molecule has 3 atom stereocenters. The first-order chi connectivity index (χ1) is 7.58. The minimum absolute atomic E-state index is 0.0791. The van der Waals surface area contributed by atoms with Crippen LogP contribution in [0.15, 0.2) is 18.2 Å². The van der Waals surface area contributed by atoms with Crippen LogP contribution in [0.5, 0.6) is 0 Å². The Morgan fingerprint density at radius 2 is 2.19 bits per heavy atom. The fourth-order valence-electron chi connectivity index (χ4n) is 2.93. The van der Waals surface area contributed by atoms with E-state index in [0.717, 1.165) is 13.0 Å². The summed E-state index contributed by atoms with van der Waals surface area (Å²) in [6.07, 6.45) is 1.20. The molecule has 0 aromatic heterocycles. The number of fused-ring (bicyclic) bond motifs is 3. The Hall–Kier alpha value is -0.860. The van der Waals surface area contributed by atoms with Gasteiger partial charge in [0.15, 0.2) is 6.29 Å². The first-order valence-electron chi connectivity index (χ1n) is 5.95. The van der Waals surface area contributed by atoms with Crippen LogP contribution < -0.4 is 0 Å². The van der Waals surface area contributed by atoms with Crippen molar-refractivity contribution in [2.24, 2.45) is 5.41 Å². The van der Waals surface area contributed by atoms with Crippen LogP contribution in [0.2, 0.25) is 0 Å². The van der Waals surface area contributed by atoms with E-state index in [4.69, 9.17) is 9.47 Å². The average Bonchev–Trinajstić information content (AvgIpc) is 2.52. The molecule has 2 nitrogen and oxygen atoms in total. The molecule has 16 heavy (non-hydrogen) atoms. The van der Waals surface area contributed by atoms with Crippen LogP contribution in [0.1, 0.15) is 36.6 Å². The number of aryl methyl sites for hydroxylation is 1. The Bertz CT molecular complexity index is 427. The van der Waals surface area contributed by atoms with E-state index in [-0.39, 0.29) is 17.8 Å². The molecule has 3 rings (SSSR count). The summed E-state index contributed by atoms with van der Waals surface area (Å²) in [5.41, 5.74) is 4.24. The number of hydrogen-bond donors (Lipinski definition) is 0. The average molecular weight is 218 g/mol. The van der Waals surface area contributed by atoms with E-state index in [2.05, 4.69) is 32.0 Å². The Morgan fingerprint density at radius 1 is 1.38 bits per heavy atom. The zero-order valence-corrected chi connectivity index (χ0v) is 10.1. The van der Waals surface area contributed by atoms with Crippen LogP contribution in [-0.4, -0.2) is 12.9 Å². The zero-order valence-electron chi connectivity index (χ0n) is 10.1. The molecule has 86 valence electrons. The van der Waals surface area contributed by atoms with Crippen LogP contribution in [0.25, 0.3) is 0 Å². The first-order valence-corrected chi connectivity index (χ1v) is 5.95. The largest absolute Gasteiger partial charge is 0.352 e. The predicted octanol–water partition coefficient (Wildman–Crippen LogP) is 2.99. The summed E-state index contributed by atoms with van der Waals surface area (Å²) < 4.78 is 11.6. The van der Waals surface area contributed by atoms with Crippen molar-refractivity contribution in [3.8, 4) is 0 Å². The first kappa shape index (κ1) is 10.3. The molecule has 0 radical (unpaired) electrons. The predicted molar refractivity (Wildman–Crippen MR) is 62.2 cm³/mol. The molecule has 0 saturated carbocycles. The Morgan fingerprint density at radius 3 is 3.00 bits per heavy atom. The maximum atomic E-state index is 5.97. The van der Waals surface area contributed by atoms with Crippen molar-refractivity contribution < 1.29 is 9.47 Å². The van der Waals surface area contributed by atoms with Crippen molar-refractivity contribution in [3.63, 3.8) is 0 Å². The topological polar surface area (TPSA) is 18.5 Å². The van der Waals surface area contributed by atoms with E-state index in [0.29, 0.717) is 0 Å². The van der Waals surface area contributed by atoms with E-state index >= 15 is 0 Å². The summed E-state index contributed by atoms with van der Waals surface area (Å²) >= 11 is 0. The second-order valence-corrected chi connectivity index (χ2v) is 5.43. The summed E-state index contributed by atoms with van der Waals surface area (Å²) in [5.74, 6) is 0. The van der Waals surface area contributed by atoms with E-state index in [9.17, 15) is 0 Å². The summed E-state index contributed by atoms with van der Waals surface area (Å²) in [5, 5.41) is 0. The highest BCUT2D eigenvalue weighted by molar-refractivity contribution is 5.40. The molecule has 1 aliphatic carbocycles. The van der Waals surface area contributed by atoms with Gasteiger partial charge in [-0.2, -0.15) is 0 Å². The Labute approximate surface area is 96.6 Å². The molecule has 1 aliphatic heterocycles. The molecule has 1 aromatic rings. The highest BCUT2D eigenvalue weighted by atomic mass is 16.7. The molecule has 1 aromatic carbocycles. The molecular weight excluding hydrogens is 200 g/mol. The van der Waals surface area contributed by atoms with Gasteiger partial charge >= 0.3 is 0 Å². The van der Waals surface area contributed by atoms with E-state index in [1.807, 2.05) is 6.92 Å². The van der Waals surface area contributed by atoms with Gasteiger partial charge < -0.3 is 9.47 Å². The monoisotopic (exact) mass is 218 g/mol. The molecule has 2 heteroatoms. The van der Waals surface area contributed by atoms with Gasteiger partial charge in [-0.25, -0.2) is 0 Å². The Balaban J connectivity index is 2.05. The van der Waals surface area contributed by atoms with E-state index in [1.54, 1.807) is 0 Å². The minimum atomic E-state index is -0.0791. The second kappa shape index (κ2) is 3.31. The third-order valence-electron chi connectivity index (χ3n) is 3.79. The van der Waals surface area contributed by atoms with Gasteiger partial charge in [0, 0.05) is 5.41 Å². The molecule has 1 fully saturated rings. The molecule has 2 aliphatic rings. The van der Waals surface area contributed by atoms with Crippen LogP contribution in [0.4, 0.5) is 0 Å². The Kier molecular flexibility index (Phi) is 2.13. The molecule has 0 spiro atoms.